The maximum Gasteiger partial charge on any atom is 0.196 e. The van der Waals surface area contributed by atoms with Crippen LogP contribution in [0.15, 0.2) is 36.4 Å². The van der Waals surface area contributed by atoms with Crippen molar-refractivity contribution in [2.45, 2.75) is 10.8 Å². The molecule has 2 aromatic carbocycles. The number of alkyl halides is 2. The van der Waals surface area contributed by atoms with Gasteiger partial charge in [0.05, 0.1) is 35.1 Å². The van der Waals surface area contributed by atoms with E-state index in [0.717, 1.165) is 0 Å². The van der Waals surface area contributed by atoms with Crippen LogP contribution < -0.4 is 10.6 Å². The monoisotopic (exact) mass is 422 g/mol. The number of hydrogen-bond donors (Lipinski definition) is 4. The van der Waals surface area contributed by atoms with Gasteiger partial charge in [-0.1, -0.05) is 24.3 Å². The number of benzene rings is 2. The molecule has 0 saturated heterocycles. The van der Waals surface area contributed by atoms with Gasteiger partial charge in [0, 0.05) is 35.6 Å². The van der Waals surface area contributed by atoms with E-state index in [1.807, 2.05) is 0 Å². The summed E-state index contributed by atoms with van der Waals surface area (Å²) < 4.78 is 0. The fourth-order valence-electron chi connectivity index (χ4n) is 3.09. The molecule has 0 radical (unpaired) electrons. The van der Waals surface area contributed by atoms with Gasteiger partial charge < -0.3 is 20.8 Å². The molecule has 0 bridgehead atoms. The number of halogens is 2. The lowest BCUT2D eigenvalue weighted by atomic mass is 9.82. The molecule has 0 heterocycles. The molecule has 0 aromatic heterocycles. The van der Waals surface area contributed by atoms with E-state index >= 15 is 0 Å². The number of fused-ring (bicyclic) bond motifs is 2. The van der Waals surface area contributed by atoms with Crippen molar-refractivity contribution in [3.05, 3.63) is 58.7 Å². The molecule has 2 atom stereocenters. The van der Waals surface area contributed by atoms with Crippen LogP contribution >= 0.6 is 23.2 Å². The Hall–Kier alpha value is -2.12. The van der Waals surface area contributed by atoms with Crippen LogP contribution in [-0.2, 0) is 0 Å². The second-order valence-electron chi connectivity index (χ2n) is 6.44. The molecular weight excluding hydrogens is 403 g/mol. The normalized spacial score (nSPS) is 14.9. The molecule has 8 heteroatoms. The topological polar surface area (TPSA) is 98.7 Å². The van der Waals surface area contributed by atoms with Crippen LogP contribution in [0.25, 0.3) is 0 Å². The molecule has 0 spiro atoms. The molecule has 6 nitrogen and oxygen atoms in total. The van der Waals surface area contributed by atoms with Gasteiger partial charge in [0.15, 0.2) is 11.6 Å². The summed E-state index contributed by atoms with van der Waals surface area (Å²) in [6.45, 7) is 0.0258. The van der Waals surface area contributed by atoms with Crippen molar-refractivity contribution in [3.8, 4) is 0 Å². The van der Waals surface area contributed by atoms with Gasteiger partial charge in [-0.25, -0.2) is 0 Å². The summed E-state index contributed by atoms with van der Waals surface area (Å²) >= 11 is 11.9. The van der Waals surface area contributed by atoms with Crippen LogP contribution in [0.4, 0.5) is 11.4 Å². The van der Waals surface area contributed by atoms with E-state index in [1.54, 1.807) is 36.4 Å². The van der Waals surface area contributed by atoms with Gasteiger partial charge in [0.1, 0.15) is 0 Å². The molecule has 4 N–H and O–H groups in total. The van der Waals surface area contributed by atoms with E-state index in [9.17, 15) is 9.59 Å². The lowest BCUT2D eigenvalue weighted by molar-refractivity contribution is 0.0980. The van der Waals surface area contributed by atoms with Crippen molar-refractivity contribution < 1.29 is 19.8 Å². The van der Waals surface area contributed by atoms with Crippen LogP contribution in [0.3, 0.4) is 0 Å². The third kappa shape index (κ3) is 4.00. The first-order chi connectivity index (χ1) is 13.5. The quantitative estimate of drug-likeness (QED) is 0.416. The summed E-state index contributed by atoms with van der Waals surface area (Å²) in [6, 6.07) is 10.0. The van der Waals surface area contributed by atoms with Gasteiger partial charge in [-0.2, -0.15) is 0 Å². The summed E-state index contributed by atoms with van der Waals surface area (Å²) in [5.41, 5.74) is 2.14. The van der Waals surface area contributed by atoms with Gasteiger partial charge in [-0.3, -0.25) is 9.59 Å². The molecule has 0 aliphatic heterocycles. The van der Waals surface area contributed by atoms with Crippen LogP contribution in [-0.4, -0.2) is 58.8 Å². The zero-order valence-corrected chi connectivity index (χ0v) is 16.4. The van der Waals surface area contributed by atoms with Gasteiger partial charge in [0.2, 0.25) is 0 Å². The minimum Gasteiger partial charge on any atom is -0.395 e. The minimum atomic E-state index is -0.531. The van der Waals surface area contributed by atoms with Crippen molar-refractivity contribution in [3.63, 3.8) is 0 Å². The zero-order chi connectivity index (χ0) is 20.3. The predicted molar refractivity (Wildman–Crippen MR) is 110 cm³/mol. The predicted octanol–water partition coefficient (Wildman–Crippen LogP) is 2.49. The van der Waals surface area contributed by atoms with E-state index in [2.05, 4.69) is 10.6 Å². The SMILES string of the molecule is O=C1c2ccccc2C(=O)c2c(NCC(Cl)CO)ccc(NCC(Cl)CO)c21. The molecule has 148 valence electrons. The summed E-state index contributed by atoms with van der Waals surface area (Å²) in [6.07, 6.45) is 0. The maximum absolute atomic E-state index is 13.2. The van der Waals surface area contributed by atoms with Gasteiger partial charge in [0.25, 0.3) is 0 Å². The fourth-order valence-corrected chi connectivity index (χ4v) is 3.24. The highest BCUT2D eigenvalue weighted by Gasteiger charge is 2.33. The van der Waals surface area contributed by atoms with E-state index in [0.29, 0.717) is 22.5 Å². The highest BCUT2D eigenvalue weighted by Crippen LogP contribution is 2.36. The Labute approximate surface area is 172 Å². The first-order valence-corrected chi connectivity index (χ1v) is 9.68. The number of ketones is 2. The standard InChI is InChI=1S/C20H20Cl2N2O4/c21-11(9-25)7-23-15-5-6-16(24-8-12(22)10-26)18-17(15)19(27)13-3-1-2-4-14(13)20(18)28/h1-6,11-12,23-26H,7-10H2. The second-order valence-corrected chi connectivity index (χ2v) is 7.67. The lowest BCUT2D eigenvalue weighted by Crippen LogP contribution is -2.27. The number of anilines is 2. The smallest absolute Gasteiger partial charge is 0.196 e. The average Bonchev–Trinajstić information content (AvgIpc) is 2.73. The first-order valence-electron chi connectivity index (χ1n) is 8.81. The Morgan fingerprint density at radius 3 is 1.50 bits per heavy atom. The van der Waals surface area contributed by atoms with Crippen molar-refractivity contribution in [1.29, 1.82) is 0 Å². The van der Waals surface area contributed by atoms with Crippen LogP contribution in [0.5, 0.6) is 0 Å². The molecule has 0 amide bonds. The third-order valence-electron chi connectivity index (χ3n) is 4.50. The number of rotatable bonds is 8. The fraction of sp³-hybridized carbons (Fsp3) is 0.300. The average molecular weight is 423 g/mol. The van der Waals surface area contributed by atoms with Gasteiger partial charge in [-0.05, 0) is 12.1 Å². The Morgan fingerprint density at radius 2 is 1.14 bits per heavy atom. The number of aliphatic hydroxyl groups excluding tert-OH is 2. The molecule has 1 aliphatic carbocycles. The Kier molecular flexibility index (Phi) is 6.57. The van der Waals surface area contributed by atoms with E-state index < -0.39 is 10.8 Å². The third-order valence-corrected chi connectivity index (χ3v) is 5.08. The summed E-state index contributed by atoms with van der Waals surface area (Å²) in [5, 5.41) is 23.3. The second kappa shape index (κ2) is 8.92. The van der Waals surface area contributed by atoms with E-state index in [1.165, 1.54) is 0 Å². The lowest BCUT2D eigenvalue weighted by Gasteiger charge is -2.24. The molecule has 3 rings (SSSR count). The zero-order valence-electron chi connectivity index (χ0n) is 14.9. The van der Waals surface area contributed by atoms with Crippen molar-refractivity contribution in [1.82, 2.24) is 0 Å². The molecule has 28 heavy (non-hydrogen) atoms. The van der Waals surface area contributed by atoms with Crippen molar-refractivity contribution in [2.24, 2.45) is 0 Å². The summed E-state index contributed by atoms with van der Waals surface area (Å²) in [7, 11) is 0. The van der Waals surface area contributed by atoms with E-state index in [4.69, 9.17) is 33.4 Å². The minimum absolute atomic E-state index is 0.218. The van der Waals surface area contributed by atoms with Crippen LogP contribution in [0.2, 0.25) is 0 Å². The highest BCUT2D eigenvalue weighted by atomic mass is 35.5. The molecule has 1 aliphatic rings. The van der Waals surface area contributed by atoms with E-state index in [-0.39, 0.29) is 49.0 Å². The Balaban J connectivity index is 2.07. The van der Waals surface area contributed by atoms with Crippen LogP contribution in [0.1, 0.15) is 31.8 Å². The Morgan fingerprint density at radius 1 is 0.750 bits per heavy atom. The largest absolute Gasteiger partial charge is 0.395 e. The number of aliphatic hydroxyl groups is 2. The summed E-state index contributed by atoms with van der Waals surface area (Å²) in [4.78, 5) is 26.3. The first kappa shape index (κ1) is 20.6. The molecule has 0 fully saturated rings. The number of carbonyl (C=O) groups excluding carboxylic acids is 2. The number of nitrogens with one attached hydrogen (secondary N) is 2. The molecule has 2 unspecified atom stereocenters. The molecule has 0 saturated carbocycles. The van der Waals surface area contributed by atoms with Crippen molar-refractivity contribution in [2.75, 3.05) is 36.9 Å². The van der Waals surface area contributed by atoms with Gasteiger partial charge in [-0.15, -0.1) is 23.2 Å². The maximum atomic E-state index is 13.2. The number of hydrogen-bond acceptors (Lipinski definition) is 6. The summed E-state index contributed by atoms with van der Waals surface area (Å²) in [5.74, 6) is -0.535. The van der Waals surface area contributed by atoms with Gasteiger partial charge >= 0.3 is 0 Å². The Bertz CT molecular complexity index is 832. The highest BCUT2D eigenvalue weighted by molar-refractivity contribution is 6.32. The molecule has 2 aromatic rings. The number of carbonyl (C=O) groups is 2. The van der Waals surface area contributed by atoms with Crippen LogP contribution in [0, 0.1) is 0 Å². The van der Waals surface area contributed by atoms with Crippen molar-refractivity contribution >= 4 is 46.1 Å². The molecular formula is C20H20Cl2N2O4.